The Labute approximate surface area is 203 Å². The van der Waals surface area contributed by atoms with Crippen molar-refractivity contribution in [3.05, 3.63) is 80.4 Å². The molecule has 2 aromatic rings. The summed E-state index contributed by atoms with van der Waals surface area (Å²) in [7, 11) is 0. The zero-order valence-electron chi connectivity index (χ0n) is 19.9. The molecule has 2 aliphatic rings. The van der Waals surface area contributed by atoms with Gasteiger partial charge in [-0.25, -0.2) is 0 Å². The number of nitrogens with zero attached hydrogens (tertiary/aromatic N) is 3. The normalized spacial score (nSPS) is 20.4. The topological polar surface area (TPSA) is 113 Å². The Morgan fingerprint density at radius 2 is 1.77 bits per heavy atom. The van der Waals surface area contributed by atoms with Crippen molar-refractivity contribution in [1.82, 2.24) is 9.80 Å². The highest BCUT2D eigenvalue weighted by atomic mass is 16.6. The van der Waals surface area contributed by atoms with Crippen molar-refractivity contribution in [3.8, 4) is 0 Å². The molecule has 2 saturated heterocycles. The van der Waals surface area contributed by atoms with Gasteiger partial charge in [0.2, 0.25) is 0 Å². The minimum Gasteiger partial charge on any atom is -0.507 e. The molecule has 1 atom stereocenters. The summed E-state index contributed by atoms with van der Waals surface area (Å²) < 4.78 is 5.38. The van der Waals surface area contributed by atoms with E-state index in [-0.39, 0.29) is 17.0 Å². The second kappa shape index (κ2) is 10.4. The second-order valence-corrected chi connectivity index (χ2v) is 8.97. The number of hydrogen-bond acceptors (Lipinski definition) is 7. The smallest absolute Gasteiger partial charge is 0.295 e. The summed E-state index contributed by atoms with van der Waals surface area (Å²) in [6.07, 6.45) is 0.639. The van der Waals surface area contributed by atoms with E-state index in [9.17, 15) is 24.8 Å². The van der Waals surface area contributed by atoms with E-state index in [1.165, 1.54) is 17.0 Å². The number of carbonyl (C=O) groups excluding carboxylic acids is 2. The molecule has 1 amide bonds. The number of ketones is 1. The fourth-order valence-electron chi connectivity index (χ4n) is 4.66. The summed E-state index contributed by atoms with van der Waals surface area (Å²) in [6.45, 7) is 7.74. The third kappa shape index (κ3) is 5.11. The van der Waals surface area contributed by atoms with Gasteiger partial charge in [-0.15, -0.1) is 0 Å². The van der Waals surface area contributed by atoms with Crippen LogP contribution in [0.3, 0.4) is 0 Å². The maximum Gasteiger partial charge on any atom is 0.295 e. The van der Waals surface area contributed by atoms with E-state index in [0.29, 0.717) is 37.3 Å². The Balaban J connectivity index is 1.72. The van der Waals surface area contributed by atoms with Gasteiger partial charge in [-0.2, -0.15) is 0 Å². The van der Waals surface area contributed by atoms with Crippen LogP contribution in [0.15, 0.2) is 48.0 Å². The molecule has 0 radical (unpaired) electrons. The molecule has 2 aromatic carbocycles. The zero-order valence-corrected chi connectivity index (χ0v) is 19.9. The summed E-state index contributed by atoms with van der Waals surface area (Å²) in [4.78, 5) is 40.7. The molecule has 1 unspecified atom stereocenters. The highest BCUT2D eigenvalue weighted by Gasteiger charge is 2.46. The number of aliphatic hydroxyl groups excluding tert-OH is 1. The van der Waals surface area contributed by atoms with Gasteiger partial charge < -0.3 is 14.7 Å². The van der Waals surface area contributed by atoms with Gasteiger partial charge in [-0.3, -0.25) is 24.6 Å². The Morgan fingerprint density at radius 3 is 2.43 bits per heavy atom. The molecule has 2 aliphatic heterocycles. The molecule has 9 nitrogen and oxygen atoms in total. The van der Waals surface area contributed by atoms with Gasteiger partial charge in [0.1, 0.15) is 5.76 Å². The van der Waals surface area contributed by atoms with Crippen molar-refractivity contribution in [2.75, 3.05) is 39.4 Å². The van der Waals surface area contributed by atoms with Crippen LogP contribution in [-0.2, 0) is 14.3 Å². The number of aryl methyl sites for hydroxylation is 2. The molecule has 1 N–H and O–H groups in total. The molecular formula is C26H29N3O6. The number of nitro groups is 1. The first-order valence-corrected chi connectivity index (χ1v) is 11.7. The standard InChI is InChI=1S/C26H29N3O6/c1-17-4-5-18(2)21(16-17)24(30)22-23(19-6-8-20(9-7-19)29(33)34)28(26(32)25(22)31)11-3-10-27-12-14-35-15-13-27/h4-9,16,23,30H,3,10-15H2,1-2H3. The number of ether oxygens (including phenoxy) is 1. The summed E-state index contributed by atoms with van der Waals surface area (Å²) >= 11 is 0. The van der Waals surface area contributed by atoms with E-state index in [2.05, 4.69) is 4.90 Å². The lowest BCUT2D eigenvalue weighted by Crippen LogP contribution is -2.38. The van der Waals surface area contributed by atoms with Gasteiger partial charge >= 0.3 is 0 Å². The average molecular weight is 480 g/mol. The number of nitro benzene ring substituents is 1. The number of morpholine rings is 1. The first-order valence-electron chi connectivity index (χ1n) is 11.7. The number of Topliss-reactive ketones (excluding diaryl/α,β-unsaturated/α-hetero) is 1. The van der Waals surface area contributed by atoms with E-state index >= 15 is 0 Å². The number of rotatable bonds is 7. The molecule has 2 heterocycles. The lowest BCUT2D eigenvalue weighted by Gasteiger charge is -2.29. The van der Waals surface area contributed by atoms with Crippen LogP contribution in [-0.4, -0.2) is 70.9 Å². The van der Waals surface area contributed by atoms with Crippen molar-refractivity contribution in [1.29, 1.82) is 0 Å². The highest BCUT2D eigenvalue weighted by Crippen LogP contribution is 2.40. The second-order valence-electron chi connectivity index (χ2n) is 8.97. The van der Waals surface area contributed by atoms with Crippen LogP contribution in [0.2, 0.25) is 0 Å². The number of carbonyl (C=O) groups is 2. The number of aliphatic hydroxyl groups is 1. The molecule has 184 valence electrons. The predicted molar refractivity (Wildman–Crippen MR) is 130 cm³/mol. The van der Waals surface area contributed by atoms with Crippen LogP contribution in [0, 0.1) is 24.0 Å². The van der Waals surface area contributed by atoms with Crippen LogP contribution in [0.5, 0.6) is 0 Å². The molecule has 0 bridgehead atoms. The van der Waals surface area contributed by atoms with Gasteiger partial charge in [0.15, 0.2) is 0 Å². The van der Waals surface area contributed by atoms with Gasteiger partial charge in [0.05, 0.1) is 29.8 Å². The van der Waals surface area contributed by atoms with Crippen LogP contribution in [0.25, 0.3) is 5.76 Å². The van der Waals surface area contributed by atoms with E-state index < -0.39 is 22.7 Å². The number of non-ortho nitro benzene ring substituents is 1. The first-order chi connectivity index (χ1) is 16.8. The summed E-state index contributed by atoms with van der Waals surface area (Å²) in [5, 5.41) is 22.4. The fourth-order valence-corrected chi connectivity index (χ4v) is 4.66. The van der Waals surface area contributed by atoms with E-state index in [1.807, 2.05) is 26.0 Å². The van der Waals surface area contributed by atoms with Crippen LogP contribution in [0.4, 0.5) is 5.69 Å². The van der Waals surface area contributed by atoms with Gasteiger partial charge in [0.25, 0.3) is 17.4 Å². The van der Waals surface area contributed by atoms with Crippen LogP contribution < -0.4 is 0 Å². The molecule has 4 rings (SSSR count). The van der Waals surface area contributed by atoms with Crippen molar-refractivity contribution in [2.24, 2.45) is 0 Å². The maximum atomic E-state index is 13.2. The Kier molecular flexibility index (Phi) is 7.28. The lowest BCUT2D eigenvalue weighted by atomic mass is 9.93. The fraction of sp³-hybridized carbons (Fsp3) is 0.385. The van der Waals surface area contributed by atoms with Crippen LogP contribution >= 0.6 is 0 Å². The molecule has 35 heavy (non-hydrogen) atoms. The Hall–Kier alpha value is -3.56. The largest absolute Gasteiger partial charge is 0.507 e. The summed E-state index contributed by atoms with van der Waals surface area (Å²) in [6, 6.07) is 10.5. The third-order valence-corrected chi connectivity index (χ3v) is 6.58. The number of likely N-dealkylation sites (tertiary alicyclic amines) is 1. The summed E-state index contributed by atoms with van der Waals surface area (Å²) in [5.41, 5.74) is 2.62. The van der Waals surface area contributed by atoms with Crippen molar-refractivity contribution in [3.63, 3.8) is 0 Å². The van der Waals surface area contributed by atoms with E-state index in [4.69, 9.17) is 4.74 Å². The highest BCUT2D eigenvalue weighted by molar-refractivity contribution is 6.46. The zero-order chi connectivity index (χ0) is 25.1. The van der Waals surface area contributed by atoms with E-state index in [0.717, 1.165) is 30.8 Å². The molecule has 0 spiro atoms. The molecule has 0 saturated carbocycles. The maximum absolute atomic E-state index is 13.2. The molecule has 0 aliphatic carbocycles. The van der Waals surface area contributed by atoms with Crippen molar-refractivity contribution < 1.29 is 24.4 Å². The summed E-state index contributed by atoms with van der Waals surface area (Å²) in [5.74, 6) is -1.66. The molecule has 2 fully saturated rings. The number of hydrogen-bond donors (Lipinski definition) is 1. The molecule has 0 aromatic heterocycles. The Bertz CT molecular complexity index is 1170. The minimum atomic E-state index is -0.833. The minimum absolute atomic E-state index is 0.00363. The third-order valence-electron chi connectivity index (χ3n) is 6.58. The van der Waals surface area contributed by atoms with Gasteiger partial charge in [0, 0.05) is 43.9 Å². The van der Waals surface area contributed by atoms with Gasteiger partial charge in [-0.05, 0) is 49.6 Å². The monoisotopic (exact) mass is 479 g/mol. The molecular weight excluding hydrogens is 450 g/mol. The SMILES string of the molecule is Cc1ccc(C)c(C(O)=C2C(=O)C(=O)N(CCCN3CCOCC3)C2c2ccc([N+](=O)[O-])cc2)c1. The van der Waals surface area contributed by atoms with Crippen molar-refractivity contribution >= 4 is 23.1 Å². The number of benzene rings is 2. The quantitative estimate of drug-likeness (QED) is 0.213. The lowest BCUT2D eigenvalue weighted by molar-refractivity contribution is -0.384. The molecule has 9 heteroatoms. The van der Waals surface area contributed by atoms with Crippen molar-refractivity contribution in [2.45, 2.75) is 26.3 Å². The first kappa shape index (κ1) is 24.6. The Morgan fingerprint density at radius 1 is 1.09 bits per heavy atom. The van der Waals surface area contributed by atoms with Crippen LogP contribution in [0.1, 0.15) is 34.7 Å². The predicted octanol–water partition coefficient (Wildman–Crippen LogP) is 3.36. The number of amides is 1. The van der Waals surface area contributed by atoms with Gasteiger partial charge in [-0.1, -0.05) is 17.7 Å². The van der Waals surface area contributed by atoms with E-state index in [1.54, 1.807) is 18.2 Å². The average Bonchev–Trinajstić information content (AvgIpc) is 3.11.